The Bertz CT molecular complexity index is 292. The number of allylic oxidation sites excluding steroid dienone is 1. The summed E-state index contributed by atoms with van der Waals surface area (Å²) in [4.78, 5) is 0. The third-order valence-electron chi connectivity index (χ3n) is 1.54. The number of rotatable bonds is 2. The van der Waals surface area contributed by atoms with Crippen molar-refractivity contribution in [2.75, 3.05) is 7.11 Å². The van der Waals surface area contributed by atoms with E-state index in [2.05, 4.69) is 0 Å². The van der Waals surface area contributed by atoms with Crippen LogP contribution < -0.4 is 4.74 Å². The Kier molecular flexibility index (Phi) is 2.86. The van der Waals surface area contributed by atoms with Crippen molar-refractivity contribution >= 4 is 6.08 Å². The second-order valence-corrected chi connectivity index (χ2v) is 2.39. The Labute approximate surface area is 71.5 Å². The molecule has 0 saturated heterocycles. The molecule has 1 aromatic rings. The Hall–Kier alpha value is -1.31. The van der Waals surface area contributed by atoms with Crippen LogP contribution in [0.15, 0.2) is 24.3 Å². The largest absolute Gasteiger partial charge is 0.496 e. The van der Waals surface area contributed by atoms with Gasteiger partial charge in [-0.1, -0.05) is 12.2 Å². The summed E-state index contributed by atoms with van der Waals surface area (Å²) >= 11 is 0. The van der Waals surface area contributed by atoms with Gasteiger partial charge in [0.2, 0.25) is 0 Å². The van der Waals surface area contributed by atoms with Crippen LogP contribution in [-0.2, 0) is 0 Å². The Morgan fingerprint density at radius 3 is 2.75 bits per heavy atom. The molecule has 1 nitrogen and oxygen atoms in total. The van der Waals surface area contributed by atoms with Gasteiger partial charge in [0.25, 0.3) is 0 Å². The zero-order valence-electron chi connectivity index (χ0n) is 7.17. The van der Waals surface area contributed by atoms with Crippen molar-refractivity contribution in [1.29, 1.82) is 0 Å². The summed E-state index contributed by atoms with van der Waals surface area (Å²) in [6.07, 6.45) is 3.76. The molecule has 0 aromatic heterocycles. The van der Waals surface area contributed by atoms with Crippen molar-refractivity contribution in [3.8, 4) is 5.75 Å². The zero-order chi connectivity index (χ0) is 8.97. The maximum Gasteiger partial charge on any atom is 0.128 e. The first-order valence-corrected chi connectivity index (χ1v) is 3.74. The fourth-order valence-corrected chi connectivity index (χ4v) is 1.00. The van der Waals surface area contributed by atoms with E-state index in [4.69, 9.17) is 4.74 Å². The fraction of sp³-hybridized carbons (Fsp3) is 0.200. The molecular formula is C10H11FO. The molecule has 0 fully saturated rings. The molecule has 1 rings (SSSR count). The van der Waals surface area contributed by atoms with Crippen molar-refractivity contribution in [3.05, 3.63) is 35.7 Å². The number of halogens is 1. The van der Waals surface area contributed by atoms with Gasteiger partial charge in [-0.15, -0.1) is 0 Å². The van der Waals surface area contributed by atoms with Gasteiger partial charge in [0.1, 0.15) is 11.6 Å². The van der Waals surface area contributed by atoms with E-state index in [1.807, 2.05) is 19.1 Å². The predicted molar refractivity (Wildman–Crippen MR) is 47.7 cm³/mol. The van der Waals surface area contributed by atoms with Crippen molar-refractivity contribution in [2.24, 2.45) is 0 Å². The molecule has 64 valence electrons. The minimum Gasteiger partial charge on any atom is -0.496 e. The third-order valence-corrected chi connectivity index (χ3v) is 1.54. The molecule has 12 heavy (non-hydrogen) atoms. The molecule has 0 aliphatic heterocycles. The molecule has 0 N–H and O–H groups in total. The summed E-state index contributed by atoms with van der Waals surface area (Å²) in [5, 5.41) is 0. The molecular weight excluding hydrogens is 155 g/mol. The highest BCUT2D eigenvalue weighted by molar-refractivity contribution is 5.56. The highest BCUT2D eigenvalue weighted by atomic mass is 19.1. The molecule has 0 aliphatic carbocycles. The molecule has 0 unspecified atom stereocenters. The Balaban J connectivity index is 3.10. The van der Waals surface area contributed by atoms with E-state index in [1.165, 1.54) is 19.2 Å². The molecule has 0 atom stereocenters. The van der Waals surface area contributed by atoms with E-state index in [9.17, 15) is 4.39 Å². The first-order valence-electron chi connectivity index (χ1n) is 3.74. The van der Waals surface area contributed by atoms with Gasteiger partial charge in [-0.3, -0.25) is 0 Å². The molecule has 0 spiro atoms. The number of hydrogen-bond donors (Lipinski definition) is 0. The molecule has 0 heterocycles. The lowest BCUT2D eigenvalue weighted by Crippen LogP contribution is -1.87. The van der Waals surface area contributed by atoms with Crippen LogP contribution in [0, 0.1) is 5.82 Å². The minimum absolute atomic E-state index is 0.278. The van der Waals surface area contributed by atoms with E-state index in [1.54, 1.807) is 6.07 Å². The van der Waals surface area contributed by atoms with Crippen LogP contribution >= 0.6 is 0 Å². The van der Waals surface area contributed by atoms with E-state index < -0.39 is 0 Å². The van der Waals surface area contributed by atoms with Crippen molar-refractivity contribution in [2.45, 2.75) is 6.92 Å². The van der Waals surface area contributed by atoms with Crippen molar-refractivity contribution in [1.82, 2.24) is 0 Å². The lowest BCUT2D eigenvalue weighted by atomic mass is 10.2. The van der Waals surface area contributed by atoms with Gasteiger partial charge in [0.15, 0.2) is 0 Å². The smallest absolute Gasteiger partial charge is 0.128 e. The second-order valence-electron chi connectivity index (χ2n) is 2.39. The van der Waals surface area contributed by atoms with Crippen LogP contribution in [0.25, 0.3) is 6.08 Å². The summed E-state index contributed by atoms with van der Waals surface area (Å²) in [5.41, 5.74) is 0.890. The van der Waals surface area contributed by atoms with Gasteiger partial charge in [0.05, 0.1) is 7.11 Å². The monoisotopic (exact) mass is 166 g/mol. The van der Waals surface area contributed by atoms with Gasteiger partial charge in [0, 0.05) is 11.6 Å². The molecule has 0 saturated carbocycles. The average Bonchev–Trinajstić information content (AvgIpc) is 2.08. The molecule has 2 heteroatoms. The van der Waals surface area contributed by atoms with Crippen molar-refractivity contribution < 1.29 is 9.13 Å². The topological polar surface area (TPSA) is 9.23 Å². The number of ether oxygens (including phenoxy) is 1. The lowest BCUT2D eigenvalue weighted by Gasteiger charge is -2.03. The Morgan fingerprint density at radius 1 is 1.42 bits per heavy atom. The zero-order valence-corrected chi connectivity index (χ0v) is 7.17. The van der Waals surface area contributed by atoms with E-state index >= 15 is 0 Å². The first-order chi connectivity index (χ1) is 5.77. The van der Waals surface area contributed by atoms with Crippen LogP contribution in [0.2, 0.25) is 0 Å². The van der Waals surface area contributed by atoms with Crippen LogP contribution in [0.3, 0.4) is 0 Å². The number of benzene rings is 1. The number of methoxy groups -OCH3 is 1. The van der Waals surface area contributed by atoms with Gasteiger partial charge >= 0.3 is 0 Å². The normalized spacial score (nSPS) is 10.6. The second kappa shape index (κ2) is 3.90. The summed E-state index contributed by atoms with van der Waals surface area (Å²) in [6, 6.07) is 4.47. The number of hydrogen-bond acceptors (Lipinski definition) is 1. The summed E-state index contributed by atoms with van der Waals surface area (Å²) in [7, 11) is 1.53. The maximum atomic E-state index is 12.7. The lowest BCUT2D eigenvalue weighted by molar-refractivity contribution is 0.410. The van der Waals surface area contributed by atoms with Gasteiger partial charge in [-0.2, -0.15) is 0 Å². The van der Waals surface area contributed by atoms with Gasteiger partial charge < -0.3 is 4.74 Å². The molecule has 1 aromatic carbocycles. The summed E-state index contributed by atoms with van der Waals surface area (Å²) in [5.74, 6) is 0.285. The van der Waals surface area contributed by atoms with Gasteiger partial charge in [-0.25, -0.2) is 4.39 Å². The quantitative estimate of drug-likeness (QED) is 0.656. The third kappa shape index (κ3) is 1.84. The van der Waals surface area contributed by atoms with Crippen LogP contribution in [0.5, 0.6) is 5.75 Å². The molecule has 0 aliphatic rings. The highest BCUT2D eigenvalue weighted by Crippen LogP contribution is 2.20. The SMILES string of the molecule is C/C=C\c1ccc(F)cc1OC. The fourth-order valence-electron chi connectivity index (χ4n) is 1.00. The molecule has 0 bridgehead atoms. The average molecular weight is 166 g/mol. The van der Waals surface area contributed by atoms with Crippen LogP contribution in [0.1, 0.15) is 12.5 Å². The van der Waals surface area contributed by atoms with E-state index in [0.29, 0.717) is 5.75 Å². The molecule has 0 radical (unpaired) electrons. The van der Waals surface area contributed by atoms with Crippen molar-refractivity contribution in [3.63, 3.8) is 0 Å². The van der Waals surface area contributed by atoms with E-state index in [0.717, 1.165) is 5.56 Å². The Morgan fingerprint density at radius 2 is 2.17 bits per heavy atom. The summed E-state index contributed by atoms with van der Waals surface area (Å²) < 4.78 is 17.7. The van der Waals surface area contributed by atoms with Crippen LogP contribution in [0.4, 0.5) is 4.39 Å². The van der Waals surface area contributed by atoms with Crippen LogP contribution in [-0.4, -0.2) is 7.11 Å². The molecule has 0 amide bonds. The maximum absolute atomic E-state index is 12.7. The predicted octanol–water partition coefficient (Wildman–Crippen LogP) is 2.87. The highest BCUT2D eigenvalue weighted by Gasteiger charge is 1.99. The first kappa shape index (κ1) is 8.78. The van der Waals surface area contributed by atoms with Gasteiger partial charge in [-0.05, 0) is 19.1 Å². The standard InChI is InChI=1S/C10H11FO/c1-3-4-8-5-6-9(11)7-10(8)12-2/h3-7H,1-2H3/b4-3-. The summed E-state index contributed by atoms with van der Waals surface area (Å²) in [6.45, 7) is 1.91. The van der Waals surface area contributed by atoms with E-state index in [-0.39, 0.29) is 5.82 Å². The minimum atomic E-state index is -0.278.